The summed E-state index contributed by atoms with van der Waals surface area (Å²) in [4.78, 5) is 8.81. The molecule has 0 atom stereocenters. The molecule has 0 radical (unpaired) electrons. The molecule has 0 saturated carbocycles. The number of hydrogen-bond acceptors (Lipinski definition) is 3. The van der Waals surface area contributed by atoms with E-state index in [0.717, 1.165) is 23.7 Å². The van der Waals surface area contributed by atoms with Gasteiger partial charge in [-0.2, -0.15) is 0 Å². The maximum Gasteiger partial charge on any atom is 0.161 e. The summed E-state index contributed by atoms with van der Waals surface area (Å²) in [6.45, 7) is 7.23. The minimum Gasteiger partial charge on any atom is -0.306 e. The largest absolute Gasteiger partial charge is 0.306 e. The highest BCUT2D eigenvalue weighted by molar-refractivity contribution is 5.48. The first-order valence-corrected chi connectivity index (χ1v) is 6.74. The fourth-order valence-corrected chi connectivity index (χ4v) is 2.14. The minimum atomic E-state index is 0.0607. The second-order valence-corrected chi connectivity index (χ2v) is 5.88. The minimum absolute atomic E-state index is 0.0607. The third-order valence-corrected chi connectivity index (χ3v) is 3.14. The summed E-state index contributed by atoms with van der Waals surface area (Å²) in [5, 5.41) is 3.52. The molecule has 0 amide bonds. The lowest BCUT2D eigenvalue weighted by molar-refractivity contribution is 0.420. The summed E-state index contributed by atoms with van der Waals surface area (Å²) in [6, 6.07) is 6.04. The molecule has 0 aliphatic rings. The van der Waals surface area contributed by atoms with E-state index in [1.54, 1.807) is 12.5 Å². The van der Waals surface area contributed by atoms with Crippen LogP contribution in [0.2, 0.25) is 0 Å². The summed E-state index contributed by atoms with van der Waals surface area (Å²) < 4.78 is 4.07. The number of aromatic nitrogens is 4. The van der Waals surface area contributed by atoms with Gasteiger partial charge in [-0.05, 0) is 32.9 Å². The molecule has 0 saturated heterocycles. The zero-order valence-electron chi connectivity index (χ0n) is 12.0. The van der Waals surface area contributed by atoms with Crippen LogP contribution in [0.1, 0.15) is 26.5 Å². The monoisotopic (exact) mass is 269 g/mol. The van der Waals surface area contributed by atoms with Gasteiger partial charge >= 0.3 is 0 Å². The van der Waals surface area contributed by atoms with E-state index in [0.29, 0.717) is 0 Å². The molecule has 5 heteroatoms. The quantitative estimate of drug-likeness (QED) is 0.794. The Labute approximate surface area is 118 Å². The summed E-state index contributed by atoms with van der Waals surface area (Å²) in [5.41, 5.74) is 2.14. The van der Waals surface area contributed by atoms with E-state index in [2.05, 4.69) is 35.5 Å². The van der Waals surface area contributed by atoms with Crippen LogP contribution in [0.4, 0.5) is 0 Å². The normalized spacial score (nSPS) is 12.2. The topological polar surface area (TPSA) is 47.2 Å². The van der Waals surface area contributed by atoms with Crippen LogP contribution in [-0.4, -0.2) is 24.5 Å². The average Bonchev–Trinajstić information content (AvgIpc) is 3.02. The molecule has 0 bridgehead atoms. The standard InChI is InChI=1S/C15H19N5/c1-15(2,3)17-10-12-14(19-9-7-16-11-19)18-13-6-4-5-8-20(12)13/h4-9,11,17H,10H2,1-3H3. The Kier molecular flexibility index (Phi) is 3.06. The molecule has 0 aromatic carbocycles. The van der Waals surface area contributed by atoms with Crippen molar-refractivity contribution in [2.75, 3.05) is 0 Å². The van der Waals surface area contributed by atoms with E-state index in [4.69, 9.17) is 4.98 Å². The third-order valence-electron chi connectivity index (χ3n) is 3.14. The Morgan fingerprint density at radius 3 is 2.75 bits per heavy atom. The van der Waals surface area contributed by atoms with Crippen molar-refractivity contribution in [1.29, 1.82) is 0 Å². The Bertz CT molecular complexity index is 704. The molecule has 1 N–H and O–H groups in total. The maximum atomic E-state index is 4.70. The number of pyridine rings is 1. The zero-order chi connectivity index (χ0) is 14.2. The molecular weight excluding hydrogens is 250 g/mol. The first kappa shape index (κ1) is 12.9. The van der Waals surface area contributed by atoms with Crippen molar-refractivity contribution in [3.63, 3.8) is 0 Å². The molecule has 0 unspecified atom stereocenters. The van der Waals surface area contributed by atoms with Crippen molar-refractivity contribution in [1.82, 2.24) is 24.3 Å². The van der Waals surface area contributed by atoms with Crippen molar-refractivity contribution < 1.29 is 0 Å². The van der Waals surface area contributed by atoms with Gasteiger partial charge in [0.25, 0.3) is 0 Å². The SMILES string of the molecule is CC(C)(C)NCc1c(-n2ccnc2)nc2ccccn12. The van der Waals surface area contributed by atoms with Crippen LogP contribution in [0.15, 0.2) is 43.1 Å². The van der Waals surface area contributed by atoms with Gasteiger partial charge in [0.05, 0.1) is 5.69 Å². The second-order valence-electron chi connectivity index (χ2n) is 5.88. The first-order chi connectivity index (χ1) is 9.54. The molecule has 3 heterocycles. The zero-order valence-corrected chi connectivity index (χ0v) is 12.0. The summed E-state index contributed by atoms with van der Waals surface area (Å²) >= 11 is 0. The molecule has 5 nitrogen and oxygen atoms in total. The second kappa shape index (κ2) is 4.76. The predicted octanol–water partition coefficient (Wildman–Crippen LogP) is 2.41. The lowest BCUT2D eigenvalue weighted by atomic mass is 10.1. The van der Waals surface area contributed by atoms with E-state index in [-0.39, 0.29) is 5.54 Å². The number of rotatable bonds is 3. The maximum absolute atomic E-state index is 4.70. The van der Waals surface area contributed by atoms with Gasteiger partial charge in [0.2, 0.25) is 0 Å². The van der Waals surface area contributed by atoms with Crippen molar-refractivity contribution in [2.24, 2.45) is 0 Å². The van der Waals surface area contributed by atoms with Crippen LogP contribution in [0, 0.1) is 0 Å². The fourth-order valence-electron chi connectivity index (χ4n) is 2.14. The Hall–Kier alpha value is -2.14. The number of nitrogens with zero attached hydrogens (tertiary/aromatic N) is 4. The fraction of sp³-hybridized carbons (Fsp3) is 0.333. The van der Waals surface area contributed by atoms with Gasteiger partial charge < -0.3 is 9.72 Å². The molecule has 0 spiro atoms. The van der Waals surface area contributed by atoms with Crippen molar-refractivity contribution in [2.45, 2.75) is 32.9 Å². The van der Waals surface area contributed by atoms with E-state index in [1.807, 2.05) is 35.2 Å². The Morgan fingerprint density at radius 2 is 2.05 bits per heavy atom. The lowest BCUT2D eigenvalue weighted by Crippen LogP contribution is -2.35. The van der Waals surface area contributed by atoms with Crippen molar-refractivity contribution in [3.8, 4) is 5.82 Å². The predicted molar refractivity (Wildman–Crippen MR) is 78.9 cm³/mol. The molecule has 3 aromatic heterocycles. The van der Waals surface area contributed by atoms with Crippen LogP contribution < -0.4 is 5.32 Å². The highest BCUT2D eigenvalue weighted by Gasteiger charge is 2.16. The van der Waals surface area contributed by atoms with Gasteiger partial charge in [0.15, 0.2) is 5.82 Å². The number of imidazole rings is 2. The number of fused-ring (bicyclic) bond motifs is 1. The van der Waals surface area contributed by atoms with Gasteiger partial charge in [-0.25, -0.2) is 9.97 Å². The lowest BCUT2D eigenvalue weighted by Gasteiger charge is -2.20. The smallest absolute Gasteiger partial charge is 0.161 e. The van der Waals surface area contributed by atoms with E-state index < -0.39 is 0 Å². The molecule has 104 valence electrons. The molecule has 0 aliphatic carbocycles. The van der Waals surface area contributed by atoms with E-state index >= 15 is 0 Å². The molecule has 3 rings (SSSR count). The highest BCUT2D eigenvalue weighted by atomic mass is 15.2. The average molecular weight is 269 g/mol. The van der Waals surface area contributed by atoms with Crippen LogP contribution >= 0.6 is 0 Å². The first-order valence-electron chi connectivity index (χ1n) is 6.74. The van der Waals surface area contributed by atoms with E-state index in [9.17, 15) is 0 Å². The molecule has 0 aliphatic heterocycles. The van der Waals surface area contributed by atoms with Gasteiger partial charge in [-0.3, -0.25) is 4.57 Å². The molecule has 3 aromatic rings. The van der Waals surface area contributed by atoms with Crippen molar-refractivity contribution >= 4 is 5.65 Å². The van der Waals surface area contributed by atoms with Crippen LogP contribution in [0.3, 0.4) is 0 Å². The van der Waals surface area contributed by atoms with Gasteiger partial charge in [-0.15, -0.1) is 0 Å². The number of hydrogen-bond donors (Lipinski definition) is 1. The van der Waals surface area contributed by atoms with Gasteiger partial charge in [-0.1, -0.05) is 6.07 Å². The summed E-state index contributed by atoms with van der Waals surface area (Å²) in [5.74, 6) is 0.922. The van der Waals surface area contributed by atoms with Gasteiger partial charge in [0, 0.05) is 30.7 Å². The molecular formula is C15H19N5. The number of nitrogens with one attached hydrogen (secondary N) is 1. The van der Waals surface area contributed by atoms with E-state index in [1.165, 1.54) is 0 Å². The summed E-state index contributed by atoms with van der Waals surface area (Å²) in [7, 11) is 0. The van der Waals surface area contributed by atoms with Crippen LogP contribution in [0.5, 0.6) is 0 Å². The Balaban J connectivity index is 2.09. The third kappa shape index (κ3) is 2.44. The molecule has 0 fully saturated rings. The van der Waals surface area contributed by atoms with Gasteiger partial charge in [0.1, 0.15) is 12.0 Å². The van der Waals surface area contributed by atoms with Crippen LogP contribution in [-0.2, 0) is 6.54 Å². The van der Waals surface area contributed by atoms with Crippen LogP contribution in [0.25, 0.3) is 11.5 Å². The molecule has 20 heavy (non-hydrogen) atoms. The highest BCUT2D eigenvalue weighted by Crippen LogP contribution is 2.17. The van der Waals surface area contributed by atoms with Crippen molar-refractivity contribution in [3.05, 3.63) is 48.8 Å². The Morgan fingerprint density at radius 1 is 1.20 bits per heavy atom. The summed E-state index contributed by atoms with van der Waals surface area (Å²) in [6.07, 6.45) is 7.51.